The van der Waals surface area contributed by atoms with Gasteiger partial charge in [0.05, 0.1) is 16.1 Å². The number of ether oxygens (including phenoxy) is 1. The van der Waals surface area contributed by atoms with Crippen molar-refractivity contribution in [2.24, 2.45) is 0 Å². The number of hydrogen-bond donors (Lipinski definition) is 1. The average Bonchev–Trinajstić information content (AvgIpc) is 2.61. The summed E-state index contributed by atoms with van der Waals surface area (Å²) in [5.74, 6) is -1.13. The van der Waals surface area contributed by atoms with Crippen LogP contribution in [0.4, 0.5) is 10.5 Å². The smallest absolute Gasteiger partial charge is 0.409 e. The van der Waals surface area contributed by atoms with Crippen LogP contribution < -0.4 is 4.74 Å². The molecule has 29 heavy (non-hydrogen) atoms. The number of carbonyl (C=O) groups is 1. The summed E-state index contributed by atoms with van der Waals surface area (Å²) in [5.41, 5.74) is -0.990. The molecule has 0 spiro atoms. The highest BCUT2D eigenvalue weighted by molar-refractivity contribution is 7.94. The van der Waals surface area contributed by atoms with E-state index in [0.29, 0.717) is 5.56 Å². The van der Waals surface area contributed by atoms with Gasteiger partial charge < -0.3 is 9.84 Å². The number of nitro groups is 1. The molecule has 12 heteroatoms. The average molecular weight is 481 g/mol. The van der Waals surface area contributed by atoms with E-state index in [2.05, 4.69) is 4.74 Å². The van der Waals surface area contributed by atoms with Gasteiger partial charge in [0.25, 0.3) is 5.69 Å². The molecule has 8 nitrogen and oxygen atoms in total. The van der Waals surface area contributed by atoms with Gasteiger partial charge in [0.15, 0.2) is 21.3 Å². The van der Waals surface area contributed by atoms with Gasteiger partial charge in [-0.2, -0.15) is 0 Å². The maximum Gasteiger partial charge on any atom is 0.409 e. The maximum absolute atomic E-state index is 12.3. The summed E-state index contributed by atoms with van der Waals surface area (Å²) in [6.07, 6.45) is 1.20. The Bertz CT molecular complexity index is 1090. The Balaban J connectivity index is 2.15. The summed E-state index contributed by atoms with van der Waals surface area (Å²) < 4.78 is 29.1. The molecule has 0 bridgehead atoms. The molecule has 0 saturated heterocycles. The number of halogens is 3. The molecule has 2 rings (SSSR count). The van der Waals surface area contributed by atoms with Gasteiger partial charge >= 0.3 is 5.43 Å². The van der Waals surface area contributed by atoms with Crippen molar-refractivity contribution in [1.29, 1.82) is 0 Å². The molecule has 154 valence electrons. The molecule has 2 aromatic rings. The third kappa shape index (κ3) is 6.60. The second kappa shape index (κ2) is 9.45. The Morgan fingerprint density at radius 1 is 1.28 bits per heavy atom. The third-order valence-electron chi connectivity index (χ3n) is 3.55. The van der Waals surface area contributed by atoms with Crippen molar-refractivity contribution in [1.82, 2.24) is 0 Å². The molecule has 0 radical (unpaired) electrons. The van der Waals surface area contributed by atoms with Gasteiger partial charge in [0.1, 0.15) is 5.02 Å². The highest BCUT2D eigenvalue weighted by Gasteiger charge is 2.21. The summed E-state index contributed by atoms with van der Waals surface area (Å²) in [6.45, 7) is 0. The van der Waals surface area contributed by atoms with Crippen LogP contribution in [0.2, 0.25) is 5.02 Å². The fourth-order valence-corrected chi connectivity index (χ4v) is 4.22. The fraction of sp³-hybridized carbons (Fsp3) is 0.118. The second-order valence-electron chi connectivity index (χ2n) is 5.63. The first-order valence-electron chi connectivity index (χ1n) is 7.67. The number of alkyl halides is 1. The summed E-state index contributed by atoms with van der Waals surface area (Å²) in [5, 5.41) is 20.4. The minimum atomic E-state index is -3.82. The van der Waals surface area contributed by atoms with E-state index in [1.165, 1.54) is 36.4 Å². The van der Waals surface area contributed by atoms with Crippen molar-refractivity contribution in [2.75, 3.05) is 5.75 Å². The molecular weight excluding hydrogens is 469 g/mol. The number of aromatic hydroxyl groups is 1. The van der Waals surface area contributed by atoms with E-state index in [9.17, 15) is 28.4 Å². The minimum Gasteiger partial charge on any atom is -0.504 e. The first-order chi connectivity index (χ1) is 13.5. The number of phenolic OH excluding ortho intramolecular Hbond substituents is 1. The second-order valence-corrected chi connectivity index (χ2v) is 8.81. The molecule has 0 aliphatic carbocycles. The quantitative estimate of drug-likeness (QED) is 0.254. The number of nitro benzene ring substituents is 1. The van der Waals surface area contributed by atoms with Crippen LogP contribution in [0.5, 0.6) is 11.5 Å². The minimum absolute atomic E-state index is 0.0894. The van der Waals surface area contributed by atoms with Crippen molar-refractivity contribution in [3.05, 3.63) is 68.1 Å². The summed E-state index contributed by atoms with van der Waals surface area (Å²) in [6, 6.07) is 7.59. The Hall–Kier alpha value is -2.33. The first-order valence-corrected chi connectivity index (χ1v) is 10.6. The van der Waals surface area contributed by atoms with Crippen molar-refractivity contribution in [3.8, 4) is 11.5 Å². The monoisotopic (exact) mass is 479 g/mol. The van der Waals surface area contributed by atoms with E-state index in [1.807, 2.05) is 0 Å². The van der Waals surface area contributed by atoms with Gasteiger partial charge in [-0.1, -0.05) is 23.7 Å². The van der Waals surface area contributed by atoms with E-state index in [-0.39, 0.29) is 22.0 Å². The number of nitrogens with zero attached hydrogens (tertiary/aromatic N) is 1. The van der Waals surface area contributed by atoms with E-state index < -0.39 is 37.1 Å². The van der Waals surface area contributed by atoms with Gasteiger partial charge in [0.2, 0.25) is 0 Å². The number of hydrogen-bond acceptors (Lipinski definition) is 7. The van der Waals surface area contributed by atoms with E-state index >= 15 is 0 Å². The summed E-state index contributed by atoms with van der Waals surface area (Å²) >= 11 is 16.9. The molecule has 0 fully saturated rings. The zero-order valence-corrected chi connectivity index (χ0v) is 17.4. The van der Waals surface area contributed by atoms with Crippen LogP contribution in [-0.2, 0) is 9.84 Å². The van der Waals surface area contributed by atoms with Crippen LogP contribution in [0, 0.1) is 10.1 Å². The molecule has 0 amide bonds. The Morgan fingerprint density at radius 2 is 1.97 bits per heavy atom. The van der Waals surface area contributed by atoms with Crippen molar-refractivity contribution in [3.63, 3.8) is 0 Å². The molecular formula is C17H12Cl3NO7S. The predicted molar refractivity (Wildman–Crippen MR) is 110 cm³/mol. The highest BCUT2D eigenvalue weighted by Crippen LogP contribution is 2.31. The number of rotatable bonds is 7. The van der Waals surface area contributed by atoms with Gasteiger partial charge in [0, 0.05) is 23.1 Å². The summed E-state index contributed by atoms with van der Waals surface area (Å²) in [4.78, 5) is 20.9. The van der Waals surface area contributed by atoms with E-state index in [4.69, 9.17) is 34.8 Å². The normalized spacial score (nSPS) is 12.7. The first kappa shape index (κ1) is 23.0. The third-order valence-corrected chi connectivity index (χ3v) is 5.88. The fourth-order valence-electron chi connectivity index (χ4n) is 2.21. The molecule has 0 aromatic heterocycles. The van der Waals surface area contributed by atoms with Gasteiger partial charge in [-0.15, -0.1) is 11.6 Å². The van der Waals surface area contributed by atoms with Gasteiger partial charge in [-0.25, -0.2) is 13.2 Å². The molecule has 2 aromatic carbocycles. The largest absolute Gasteiger partial charge is 0.504 e. The van der Waals surface area contributed by atoms with Gasteiger partial charge in [-0.3, -0.25) is 10.1 Å². The van der Waals surface area contributed by atoms with Crippen molar-refractivity contribution >= 4 is 61.8 Å². The van der Waals surface area contributed by atoms with Gasteiger partial charge in [-0.05, 0) is 35.4 Å². The SMILES string of the molecule is O=C(Cl)Oc1ccc(/C=C/S(=O)(=O)CC(Cl)c2ccc(Cl)c([N+](=O)[O-])c2)cc1O. The zero-order chi connectivity index (χ0) is 21.8. The Kier molecular flexibility index (Phi) is 7.48. The molecule has 0 saturated carbocycles. The topological polar surface area (TPSA) is 124 Å². The van der Waals surface area contributed by atoms with Crippen LogP contribution in [0.1, 0.15) is 16.5 Å². The van der Waals surface area contributed by atoms with Crippen molar-refractivity contribution in [2.45, 2.75) is 5.38 Å². The lowest BCUT2D eigenvalue weighted by molar-refractivity contribution is -0.384. The lowest BCUT2D eigenvalue weighted by Gasteiger charge is -2.09. The van der Waals surface area contributed by atoms with Crippen LogP contribution in [0.15, 0.2) is 41.8 Å². The lowest BCUT2D eigenvalue weighted by atomic mass is 10.1. The lowest BCUT2D eigenvalue weighted by Crippen LogP contribution is -2.08. The van der Waals surface area contributed by atoms with Crippen molar-refractivity contribution < 1.29 is 28.0 Å². The Labute approximate surface area is 180 Å². The van der Waals surface area contributed by atoms with E-state index in [1.54, 1.807) is 0 Å². The molecule has 1 unspecified atom stereocenters. The molecule has 0 aliphatic rings. The van der Waals surface area contributed by atoms with E-state index in [0.717, 1.165) is 11.5 Å². The predicted octanol–water partition coefficient (Wildman–Crippen LogP) is 5.06. The van der Waals surface area contributed by atoms with Crippen LogP contribution in [0.25, 0.3) is 6.08 Å². The van der Waals surface area contributed by atoms with Crippen LogP contribution in [-0.4, -0.2) is 29.6 Å². The number of benzene rings is 2. The molecule has 0 aliphatic heterocycles. The zero-order valence-electron chi connectivity index (χ0n) is 14.3. The number of phenols is 1. The molecule has 1 atom stereocenters. The number of sulfone groups is 1. The maximum atomic E-state index is 12.3. The highest BCUT2D eigenvalue weighted by atomic mass is 35.5. The van der Waals surface area contributed by atoms with Crippen LogP contribution in [0.3, 0.4) is 0 Å². The number of carbonyl (C=O) groups excluding carboxylic acids is 1. The summed E-state index contributed by atoms with van der Waals surface area (Å²) in [7, 11) is -3.82. The molecule has 0 heterocycles. The molecule has 1 N–H and O–H groups in total. The standard InChI is InChI=1S/C17H12Cl3NO7S/c18-12-3-2-11(8-14(12)21(24)25)13(19)9-29(26,27)6-5-10-1-4-16(15(22)7-10)28-17(20)23/h1-8,13,22H,9H2/b6-5+. The van der Waals surface area contributed by atoms with Crippen LogP contribution >= 0.6 is 34.8 Å². The Morgan fingerprint density at radius 3 is 2.55 bits per heavy atom.